The van der Waals surface area contributed by atoms with Gasteiger partial charge in [0.15, 0.2) is 0 Å². The Labute approximate surface area is 143 Å². The number of nitrogens with zero attached hydrogens (tertiary/aromatic N) is 3. The van der Waals surface area contributed by atoms with Gasteiger partial charge in [-0.25, -0.2) is 9.97 Å². The first-order valence-corrected chi connectivity index (χ1v) is 8.76. The van der Waals surface area contributed by atoms with Gasteiger partial charge in [-0.1, -0.05) is 13.8 Å². The van der Waals surface area contributed by atoms with Crippen LogP contribution in [0.1, 0.15) is 49.4 Å². The van der Waals surface area contributed by atoms with Crippen LogP contribution in [0.25, 0.3) is 11.0 Å². The highest BCUT2D eigenvalue weighted by Gasteiger charge is 2.26. The Morgan fingerprint density at radius 1 is 1.08 bits per heavy atom. The Bertz CT molecular complexity index is 750. The maximum absolute atomic E-state index is 12.8. The molecule has 0 saturated carbocycles. The highest BCUT2D eigenvalue weighted by molar-refractivity contribution is 5.97. The lowest BCUT2D eigenvalue weighted by Crippen LogP contribution is -2.48. The zero-order valence-corrected chi connectivity index (χ0v) is 14.9. The first-order chi connectivity index (χ1) is 11.5. The van der Waals surface area contributed by atoms with E-state index < -0.39 is 0 Å². The molecule has 5 heteroatoms. The van der Waals surface area contributed by atoms with E-state index in [1.54, 1.807) is 0 Å². The quantitative estimate of drug-likeness (QED) is 0.869. The Morgan fingerprint density at radius 2 is 1.67 bits per heavy atom. The molecule has 1 fully saturated rings. The van der Waals surface area contributed by atoms with Gasteiger partial charge in [-0.15, -0.1) is 0 Å². The van der Waals surface area contributed by atoms with Crippen LogP contribution in [0.4, 0.5) is 0 Å². The first kappa shape index (κ1) is 16.8. The smallest absolute Gasteiger partial charge is 0.254 e. The van der Waals surface area contributed by atoms with Gasteiger partial charge in [0, 0.05) is 18.7 Å². The molecule has 0 unspecified atom stereocenters. The fraction of sp³-hybridized carbons (Fsp3) is 0.526. The molecule has 1 aromatic carbocycles. The molecule has 0 N–H and O–H groups in total. The summed E-state index contributed by atoms with van der Waals surface area (Å²) in [5, 5.41) is 0. The third-order valence-electron chi connectivity index (χ3n) is 4.44. The van der Waals surface area contributed by atoms with E-state index in [1.807, 2.05) is 36.9 Å². The average molecular weight is 327 g/mol. The van der Waals surface area contributed by atoms with Crippen molar-refractivity contribution in [1.82, 2.24) is 14.9 Å². The average Bonchev–Trinajstić information content (AvgIpc) is 2.58. The first-order valence-electron chi connectivity index (χ1n) is 8.76. The maximum Gasteiger partial charge on any atom is 0.254 e. The molecule has 1 aromatic heterocycles. The predicted octanol–water partition coefficient (Wildman–Crippen LogP) is 3.00. The summed E-state index contributed by atoms with van der Waals surface area (Å²) in [6, 6.07) is 5.63. The third kappa shape index (κ3) is 3.26. The zero-order chi connectivity index (χ0) is 17.3. The fourth-order valence-electron chi connectivity index (χ4n) is 3.35. The van der Waals surface area contributed by atoms with Gasteiger partial charge >= 0.3 is 0 Å². The molecule has 0 aliphatic carbocycles. The van der Waals surface area contributed by atoms with Crippen LogP contribution in [0.15, 0.2) is 18.2 Å². The Balaban J connectivity index is 1.93. The minimum atomic E-state index is 0.0401. The van der Waals surface area contributed by atoms with E-state index in [2.05, 4.69) is 13.8 Å². The lowest BCUT2D eigenvalue weighted by molar-refractivity contribution is -0.0586. The number of carbonyl (C=O) groups excluding carboxylic acids is 1. The number of carbonyl (C=O) groups is 1. The molecule has 0 spiro atoms. The van der Waals surface area contributed by atoms with Crippen LogP contribution in [0, 0.1) is 0 Å². The van der Waals surface area contributed by atoms with Crippen LogP contribution >= 0.6 is 0 Å². The molecule has 2 heterocycles. The summed E-state index contributed by atoms with van der Waals surface area (Å²) in [7, 11) is 0. The second-order valence-corrected chi connectivity index (χ2v) is 6.50. The monoisotopic (exact) mass is 327 g/mol. The number of morpholine rings is 1. The molecule has 0 radical (unpaired) electrons. The van der Waals surface area contributed by atoms with Gasteiger partial charge in [0.05, 0.1) is 34.6 Å². The number of hydrogen-bond acceptors (Lipinski definition) is 4. The van der Waals surface area contributed by atoms with Crippen LogP contribution in [-0.4, -0.2) is 46.1 Å². The van der Waals surface area contributed by atoms with Gasteiger partial charge in [-0.3, -0.25) is 4.79 Å². The van der Waals surface area contributed by atoms with Crippen LogP contribution in [0.2, 0.25) is 0 Å². The van der Waals surface area contributed by atoms with Crippen molar-refractivity contribution in [1.29, 1.82) is 0 Å². The van der Waals surface area contributed by atoms with Crippen LogP contribution < -0.4 is 0 Å². The largest absolute Gasteiger partial charge is 0.372 e. The number of benzene rings is 1. The topological polar surface area (TPSA) is 55.3 Å². The molecule has 1 aliphatic rings. The summed E-state index contributed by atoms with van der Waals surface area (Å²) in [5.41, 5.74) is 4.38. The standard InChI is InChI=1S/C19H25N3O2/c1-5-15-16(6-2)21-18-9-14(7-8-17(18)20-15)19(23)22-10-12(3)24-13(4)11-22/h7-9,12-13H,5-6,10-11H2,1-4H3/t12-,13+. The minimum absolute atomic E-state index is 0.0401. The number of ether oxygens (including phenoxy) is 1. The van der Waals surface area contributed by atoms with Crippen LogP contribution in [0.5, 0.6) is 0 Å². The molecule has 128 valence electrons. The van der Waals surface area contributed by atoms with E-state index in [1.165, 1.54) is 0 Å². The minimum Gasteiger partial charge on any atom is -0.372 e. The van der Waals surface area contributed by atoms with Gasteiger partial charge < -0.3 is 9.64 Å². The molecule has 1 saturated heterocycles. The maximum atomic E-state index is 12.8. The van der Waals surface area contributed by atoms with Gasteiger partial charge in [-0.2, -0.15) is 0 Å². The molecule has 5 nitrogen and oxygen atoms in total. The summed E-state index contributed by atoms with van der Waals surface area (Å²) in [4.78, 5) is 24.1. The number of hydrogen-bond donors (Lipinski definition) is 0. The van der Waals surface area contributed by atoms with E-state index in [0.717, 1.165) is 35.3 Å². The van der Waals surface area contributed by atoms with Crippen molar-refractivity contribution < 1.29 is 9.53 Å². The summed E-state index contributed by atoms with van der Waals surface area (Å²) in [5.74, 6) is 0.0401. The van der Waals surface area contributed by atoms with Crippen molar-refractivity contribution in [3.8, 4) is 0 Å². The SMILES string of the molecule is CCc1nc2ccc(C(=O)N3C[C@@H](C)O[C@@H](C)C3)cc2nc1CC. The van der Waals surface area contributed by atoms with Gasteiger partial charge in [0.1, 0.15) is 0 Å². The van der Waals surface area contributed by atoms with Gasteiger partial charge in [0.25, 0.3) is 5.91 Å². The highest BCUT2D eigenvalue weighted by atomic mass is 16.5. The summed E-state index contributed by atoms with van der Waals surface area (Å²) < 4.78 is 5.71. The molecular weight excluding hydrogens is 302 g/mol. The van der Waals surface area contributed by atoms with Crippen molar-refractivity contribution in [2.45, 2.75) is 52.7 Å². The molecule has 2 aromatic rings. The van der Waals surface area contributed by atoms with E-state index >= 15 is 0 Å². The molecule has 1 aliphatic heterocycles. The second kappa shape index (κ2) is 6.85. The number of rotatable bonds is 3. The van der Waals surface area contributed by atoms with E-state index in [4.69, 9.17) is 14.7 Å². The molecule has 24 heavy (non-hydrogen) atoms. The second-order valence-electron chi connectivity index (χ2n) is 6.50. The number of amides is 1. The normalized spacial score (nSPS) is 21.2. The Morgan fingerprint density at radius 3 is 2.25 bits per heavy atom. The van der Waals surface area contributed by atoms with Crippen molar-refractivity contribution in [2.24, 2.45) is 0 Å². The summed E-state index contributed by atoms with van der Waals surface area (Å²) >= 11 is 0. The van der Waals surface area contributed by atoms with Crippen molar-refractivity contribution >= 4 is 16.9 Å². The predicted molar refractivity (Wildman–Crippen MR) is 94.2 cm³/mol. The Kier molecular flexibility index (Phi) is 4.81. The summed E-state index contributed by atoms with van der Waals surface area (Å²) in [6.45, 7) is 9.43. The molecular formula is C19H25N3O2. The van der Waals surface area contributed by atoms with Crippen molar-refractivity contribution in [2.75, 3.05) is 13.1 Å². The molecule has 0 bridgehead atoms. The zero-order valence-electron chi connectivity index (χ0n) is 14.9. The number of aromatic nitrogens is 2. The lowest BCUT2D eigenvalue weighted by atomic mass is 10.1. The van der Waals surface area contributed by atoms with Crippen molar-refractivity contribution in [3.63, 3.8) is 0 Å². The fourth-order valence-corrected chi connectivity index (χ4v) is 3.35. The Hall–Kier alpha value is -2.01. The molecule has 2 atom stereocenters. The number of fused-ring (bicyclic) bond motifs is 1. The van der Waals surface area contributed by atoms with E-state index in [9.17, 15) is 4.79 Å². The third-order valence-corrected chi connectivity index (χ3v) is 4.44. The highest BCUT2D eigenvalue weighted by Crippen LogP contribution is 2.19. The van der Waals surface area contributed by atoms with Crippen LogP contribution in [0.3, 0.4) is 0 Å². The van der Waals surface area contributed by atoms with E-state index in [-0.39, 0.29) is 18.1 Å². The molecule has 3 rings (SSSR count). The van der Waals surface area contributed by atoms with E-state index in [0.29, 0.717) is 18.7 Å². The lowest BCUT2D eigenvalue weighted by Gasteiger charge is -2.35. The molecule has 1 amide bonds. The number of aryl methyl sites for hydroxylation is 2. The van der Waals surface area contributed by atoms with Gasteiger partial charge in [0.2, 0.25) is 0 Å². The summed E-state index contributed by atoms with van der Waals surface area (Å²) in [6.07, 6.45) is 1.85. The van der Waals surface area contributed by atoms with Crippen molar-refractivity contribution in [3.05, 3.63) is 35.2 Å². The van der Waals surface area contributed by atoms with Gasteiger partial charge in [-0.05, 0) is 44.9 Å². The van der Waals surface area contributed by atoms with Crippen LogP contribution in [-0.2, 0) is 17.6 Å².